The topological polar surface area (TPSA) is 55.1 Å². The summed E-state index contributed by atoms with van der Waals surface area (Å²) in [5.41, 5.74) is 3.18. The van der Waals surface area contributed by atoms with Crippen molar-refractivity contribution in [3.05, 3.63) is 71.0 Å². The van der Waals surface area contributed by atoms with Crippen LogP contribution in [0.25, 0.3) is 44.3 Å². The highest BCUT2D eigenvalue weighted by atomic mass is 16.3. The molecule has 0 aliphatic heterocycles. The fourth-order valence-corrected chi connectivity index (χ4v) is 3.53. The molecule has 4 nitrogen and oxygen atoms in total. The third-order valence-corrected chi connectivity index (χ3v) is 4.65. The van der Waals surface area contributed by atoms with Crippen LogP contribution in [0.5, 0.6) is 5.88 Å². The molecule has 1 N–H and O–H groups in total. The molecular formula is C20H12N2O2. The summed E-state index contributed by atoms with van der Waals surface area (Å²) in [4.78, 5) is 16.1. The second-order valence-corrected chi connectivity index (χ2v) is 5.89. The van der Waals surface area contributed by atoms with Crippen LogP contribution in [0.15, 0.2) is 59.9 Å². The molecule has 114 valence electrons. The van der Waals surface area contributed by atoms with E-state index < -0.39 is 0 Å². The van der Waals surface area contributed by atoms with Crippen LogP contribution in [-0.4, -0.2) is 14.7 Å². The molecule has 2 aromatic heterocycles. The van der Waals surface area contributed by atoms with E-state index in [1.165, 1.54) is 0 Å². The van der Waals surface area contributed by atoms with E-state index in [9.17, 15) is 9.90 Å². The summed E-state index contributed by atoms with van der Waals surface area (Å²) in [6, 6.07) is 15.0. The zero-order valence-corrected chi connectivity index (χ0v) is 12.7. The number of rotatable bonds is 2. The number of benzene rings is 3. The Labute approximate surface area is 136 Å². The fraction of sp³-hybridized carbons (Fsp3) is 0. The predicted molar refractivity (Wildman–Crippen MR) is 96.5 cm³/mol. The van der Waals surface area contributed by atoms with Gasteiger partial charge in [0.15, 0.2) is 0 Å². The first kappa shape index (κ1) is 13.1. The summed E-state index contributed by atoms with van der Waals surface area (Å²) in [6.45, 7) is 3.76. The van der Waals surface area contributed by atoms with E-state index in [0.29, 0.717) is 10.9 Å². The van der Waals surface area contributed by atoms with Gasteiger partial charge >= 0.3 is 0 Å². The second kappa shape index (κ2) is 4.32. The molecule has 0 saturated carbocycles. The quantitative estimate of drug-likeness (QED) is 0.537. The van der Waals surface area contributed by atoms with Crippen molar-refractivity contribution in [3.8, 4) is 11.6 Å². The predicted octanol–water partition coefficient (Wildman–Crippen LogP) is 3.92. The standard InChI is InChI=1S/C20H12N2O2/c1-2-11-3-5-12(6-4-11)22-16-10-9-15-17-13(19(23)21-15)7-8-14(18(16)17)20(22)24/h2-10,24H,1H2. The molecule has 4 heteroatoms. The van der Waals surface area contributed by atoms with Gasteiger partial charge in [-0.15, -0.1) is 0 Å². The van der Waals surface area contributed by atoms with Crippen LogP contribution in [0.2, 0.25) is 0 Å². The van der Waals surface area contributed by atoms with E-state index in [2.05, 4.69) is 11.6 Å². The monoisotopic (exact) mass is 312 g/mol. The zero-order valence-electron chi connectivity index (χ0n) is 12.7. The average Bonchev–Trinajstić information content (AvgIpc) is 3.09. The zero-order chi connectivity index (χ0) is 16.4. The van der Waals surface area contributed by atoms with Gasteiger partial charge in [0.2, 0.25) is 5.88 Å². The molecule has 3 aromatic carbocycles. The van der Waals surface area contributed by atoms with Crippen molar-refractivity contribution in [3.63, 3.8) is 0 Å². The third-order valence-electron chi connectivity index (χ3n) is 4.65. The van der Waals surface area contributed by atoms with Crippen LogP contribution in [0.3, 0.4) is 0 Å². The fourth-order valence-electron chi connectivity index (χ4n) is 3.53. The van der Waals surface area contributed by atoms with Crippen LogP contribution in [-0.2, 0) is 0 Å². The van der Waals surface area contributed by atoms with Crippen molar-refractivity contribution in [1.29, 1.82) is 0 Å². The van der Waals surface area contributed by atoms with Gasteiger partial charge in [0, 0.05) is 21.8 Å². The largest absolute Gasteiger partial charge is 0.494 e. The molecule has 0 radical (unpaired) electrons. The first-order chi connectivity index (χ1) is 11.7. The van der Waals surface area contributed by atoms with Crippen molar-refractivity contribution < 1.29 is 5.11 Å². The van der Waals surface area contributed by atoms with Gasteiger partial charge in [0.05, 0.1) is 16.4 Å². The maximum absolute atomic E-state index is 12.0. The number of nitrogens with zero attached hydrogens (tertiary/aromatic N) is 2. The summed E-state index contributed by atoms with van der Waals surface area (Å²) in [6.07, 6.45) is 1.78. The van der Waals surface area contributed by atoms with Crippen LogP contribution in [0, 0.1) is 0 Å². The third kappa shape index (κ3) is 1.47. The smallest absolute Gasteiger partial charge is 0.278 e. The van der Waals surface area contributed by atoms with Crippen LogP contribution in [0.4, 0.5) is 0 Å². The lowest BCUT2D eigenvalue weighted by molar-refractivity contribution is 0.451. The molecule has 0 saturated heterocycles. The average molecular weight is 312 g/mol. The molecule has 0 amide bonds. The first-order valence-corrected chi connectivity index (χ1v) is 7.64. The Balaban J connectivity index is 1.96. The molecule has 0 spiro atoms. The molecular weight excluding hydrogens is 300 g/mol. The Hall–Kier alpha value is -3.40. The van der Waals surface area contributed by atoms with E-state index >= 15 is 0 Å². The summed E-state index contributed by atoms with van der Waals surface area (Å²) in [5.74, 6) is 0.166. The highest BCUT2D eigenvalue weighted by Gasteiger charge is 2.21. The van der Waals surface area contributed by atoms with Gasteiger partial charge in [-0.1, -0.05) is 24.8 Å². The highest BCUT2D eigenvalue weighted by molar-refractivity contribution is 6.24. The van der Waals surface area contributed by atoms with Crippen LogP contribution in [0.1, 0.15) is 5.56 Å². The van der Waals surface area contributed by atoms with Gasteiger partial charge in [0.25, 0.3) is 5.56 Å². The number of aromatic nitrogens is 2. The maximum Gasteiger partial charge on any atom is 0.278 e. The van der Waals surface area contributed by atoms with Gasteiger partial charge in [-0.25, -0.2) is 4.98 Å². The minimum absolute atomic E-state index is 0.166. The lowest BCUT2D eigenvalue weighted by Crippen LogP contribution is -1.95. The Morgan fingerprint density at radius 3 is 2.46 bits per heavy atom. The number of aromatic hydroxyl groups is 1. The molecule has 0 unspecified atom stereocenters. The van der Waals surface area contributed by atoms with E-state index in [-0.39, 0.29) is 11.4 Å². The molecule has 0 fully saturated rings. The molecule has 0 bridgehead atoms. The number of hydrogen-bond donors (Lipinski definition) is 1. The van der Waals surface area contributed by atoms with Crippen molar-refractivity contribution in [2.75, 3.05) is 0 Å². The molecule has 0 aliphatic rings. The van der Waals surface area contributed by atoms with Gasteiger partial charge in [-0.05, 0) is 42.0 Å². The van der Waals surface area contributed by atoms with E-state index in [0.717, 1.165) is 32.9 Å². The SMILES string of the molecule is C=Cc1ccc(-n2c(O)c3ccc4c(=O)nc5ccc2c3c54)cc1. The molecule has 5 rings (SSSR count). The van der Waals surface area contributed by atoms with Gasteiger partial charge < -0.3 is 5.11 Å². The maximum atomic E-state index is 12.0. The van der Waals surface area contributed by atoms with E-state index in [1.807, 2.05) is 36.4 Å². The van der Waals surface area contributed by atoms with Gasteiger partial charge in [0.1, 0.15) is 0 Å². The molecule has 0 atom stereocenters. The molecule has 5 aromatic rings. The van der Waals surface area contributed by atoms with E-state index in [4.69, 9.17) is 0 Å². The highest BCUT2D eigenvalue weighted by Crippen LogP contribution is 2.41. The van der Waals surface area contributed by atoms with Crippen LogP contribution < -0.4 is 5.56 Å². The lowest BCUT2D eigenvalue weighted by Gasteiger charge is -2.07. The van der Waals surface area contributed by atoms with Crippen LogP contribution >= 0.6 is 0 Å². The minimum atomic E-state index is -0.220. The minimum Gasteiger partial charge on any atom is -0.494 e. The Morgan fingerprint density at radius 2 is 1.71 bits per heavy atom. The second-order valence-electron chi connectivity index (χ2n) is 5.89. The van der Waals surface area contributed by atoms with E-state index in [1.54, 1.807) is 22.8 Å². The Morgan fingerprint density at radius 1 is 0.958 bits per heavy atom. The van der Waals surface area contributed by atoms with Crippen molar-refractivity contribution in [1.82, 2.24) is 9.55 Å². The Kier molecular flexibility index (Phi) is 2.36. The molecule has 2 heterocycles. The summed E-state index contributed by atoms with van der Waals surface area (Å²) in [5, 5.41) is 13.8. The first-order valence-electron chi connectivity index (χ1n) is 7.64. The summed E-state index contributed by atoms with van der Waals surface area (Å²) >= 11 is 0. The summed E-state index contributed by atoms with van der Waals surface area (Å²) < 4.78 is 1.80. The normalized spacial score (nSPS) is 11.8. The lowest BCUT2D eigenvalue weighted by atomic mass is 10.0. The molecule has 0 aliphatic carbocycles. The number of hydrogen-bond acceptors (Lipinski definition) is 3. The van der Waals surface area contributed by atoms with Crippen molar-refractivity contribution in [2.45, 2.75) is 0 Å². The summed E-state index contributed by atoms with van der Waals surface area (Å²) in [7, 11) is 0. The van der Waals surface area contributed by atoms with Gasteiger partial charge in [-0.3, -0.25) is 9.36 Å². The Bertz CT molecular complexity index is 1280. The van der Waals surface area contributed by atoms with Crippen molar-refractivity contribution in [2.24, 2.45) is 0 Å². The van der Waals surface area contributed by atoms with Gasteiger partial charge in [-0.2, -0.15) is 0 Å². The molecule has 24 heavy (non-hydrogen) atoms. The van der Waals surface area contributed by atoms with Crippen molar-refractivity contribution >= 4 is 38.7 Å².